The lowest BCUT2D eigenvalue weighted by Crippen LogP contribution is -2.15. The Hall–Kier alpha value is -3.08. The molecule has 1 atom stereocenters. The molecule has 2 heterocycles. The summed E-state index contributed by atoms with van der Waals surface area (Å²) in [6.45, 7) is 1.49. The highest BCUT2D eigenvalue weighted by molar-refractivity contribution is 7.99. The summed E-state index contributed by atoms with van der Waals surface area (Å²) in [5.74, 6) is -0.209. The molecule has 7 heteroatoms. The van der Waals surface area contributed by atoms with E-state index in [0.29, 0.717) is 23.4 Å². The first-order valence-electron chi connectivity index (χ1n) is 9.44. The molecule has 0 aliphatic carbocycles. The van der Waals surface area contributed by atoms with Gasteiger partial charge in [-0.25, -0.2) is 0 Å². The van der Waals surface area contributed by atoms with E-state index in [1.54, 1.807) is 23.0 Å². The number of aromatic nitrogens is 2. The van der Waals surface area contributed by atoms with Gasteiger partial charge >= 0.3 is 0 Å². The highest BCUT2D eigenvalue weighted by atomic mass is 32.2. The van der Waals surface area contributed by atoms with Crippen molar-refractivity contribution in [1.82, 2.24) is 9.78 Å². The van der Waals surface area contributed by atoms with Gasteiger partial charge in [-0.3, -0.25) is 9.48 Å². The van der Waals surface area contributed by atoms with E-state index < -0.39 is 0 Å². The van der Waals surface area contributed by atoms with Gasteiger partial charge in [0.05, 0.1) is 35.7 Å². The van der Waals surface area contributed by atoms with Crippen molar-refractivity contribution in [2.45, 2.75) is 35.3 Å². The summed E-state index contributed by atoms with van der Waals surface area (Å²) in [6.07, 6.45) is 5.78. The number of carbonyl (C=O) groups excluding carboxylic acids is 1. The highest BCUT2D eigenvalue weighted by Gasteiger charge is 2.17. The molecule has 4 rings (SSSR count). The quantitative estimate of drug-likeness (QED) is 0.661. The largest absolute Gasteiger partial charge is 0.376 e. The van der Waals surface area contributed by atoms with Crippen LogP contribution in [0.15, 0.2) is 70.7 Å². The summed E-state index contributed by atoms with van der Waals surface area (Å²) in [7, 11) is 0. The Labute approximate surface area is 173 Å². The summed E-state index contributed by atoms with van der Waals surface area (Å²) >= 11 is 1.41. The van der Waals surface area contributed by atoms with Crippen LogP contribution in [-0.4, -0.2) is 28.4 Å². The molecule has 0 bridgehead atoms. The number of anilines is 1. The Bertz CT molecular complexity index is 1050. The van der Waals surface area contributed by atoms with Crippen LogP contribution in [0.3, 0.4) is 0 Å². The normalized spacial score (nSPS) is 15.8. The number of hydrogen-bond acceptors (Lipinski definition) is 5. The molecule has 1 fully saturated rings. The van der Waals surface area contributed by atoms with Gasteiger partial charge in [-0.1, -0.05) is 36.0 Å². The second-order valence-electron chi connectivity index (χ2n) is 6.75. The Morgan fingerprint density at radius 3 is 2.83 bits per heavy atom. The van der Waals surface area contributed by atoms with Gasteiger partial charge in [-0.05, 0) is 37.1 Å². The van der Waals surface area contributed by atoms with Gasteiger partial charge in [0.1, 0.15) is 6.07 Å². The first-order chi connectivity index (χ1) is 14.2. The molecule has 3 aromatic rings. The molecule has 1 N–H and O–H groups in total. The molecule has 1 aliphatic heterocycles. The van der Waals surface area contributed by atoms with Crippen LogP contribution in [0.4, 0.5) is 5.69 Å². The smallest absolute Gasteiger partial charge is 0.256 e. The molecule has 29 heavy (non-hydrogen) atoms. The Balaban J connectivity index is 1.48. The summed E-state index contributed by atoms with van der Waals surface area (Å²) in [5, 5.41) is 16.6. The van der Waals surface area contributed by atoms with E-state index >= 15 is 0 Å². The van der Waals surface area contributed by atoms with Gasteiger partial charge in [-0.15, -0.1) is 0 Å². The maximum absolute atomic E-state index is 12.9. The zero-order valence-electron chi connectivity index (χ0n) is 15.7. The molecule has 0 unspecified atom stereocenters. The number of ether oxygens (including phenoxy) is 1. The summed E-state index contributed by atoms with van der Waals surface area (Å²) in [5.41, 5.74) is 1.78. The number of nitrogens with one attached hydrogen (secondary N) is 1. The maximum Gasteiger partial charge on any atom is 0.256 e. The van der Waals surface area contributed by atoms with Crippen LogP contribution >= 0.6 is 11.8 Å². The van der Waals surface area contributed by atoms with Crippen LogP contribution in [0.5, 0.6) is 0 Å². The van der Waals surface area contributed by atoms with Gasteiger partial charge in [0.2, 0.25) is 0 Å². The number of nitrogens with zero attached hydrogens (tertiary/aromatic N) is 3. The summed E-state index contributed by atoms with van der Waals surface area (Å²) in [4.78, 5) is 14.5. The Morgan fingerprint density at radius 2 is 2.03 bits per heavy atom. The Morgan fingerprint density at radius 1 is 1.24 bits per heavy atom. The van der Waals surface area contributed by atoms with Gasteiger partial charge in [-0.2, -0.15) is 10.4 Å². The van der Waals surface area contributed by atoms with Gasteiger partial charge in [0, 0.05) is 22.6 Å². The predicted molar refractivity (Wildman–Crippen MR) is 111 cm³/mol. The second-order valence-corrected chi connectivity index (χ2v) is 7.83. The van der Waals surface area contributed by atoms with Crippen LogP contribution in [0.1, 0.15) is 28.8 Å². The van der Waals surface area contributed by atoms with Crippen molar-refractivity contribution in [3.8, 4) is 6.07 Å². The standard InChI is InChI=1S/C22H20N4O2S/c23-12-16-6-1-3-9-20(16)29-21-10-4-2-8-19(21)22(27)25-17-13-24-26(14-17)15-18-7-5-11-28-18/h1-4,6,8-10,13-14,18H,5,7,11,15H2,(H,25,27)/t18-/m0/s1. The van der Waals surface area contributed by atoms with Crippen molar-refractivity contribution in [3.63, 3.8) is 0 Å². The van der Waals surface area contributed by atoms with Crippen LogP contribution in [-0.2, 0) is 11.3 Å². The molecule has 0 radical (unpaired) electrons. The van der Waals surface area contributed by atoms with Gasteiger partial charge < -0.3 is 10.1 Å². The molecule has 1 aromatic heterocycles. The molecule has 146 valence electrons. The average molecular weight is 404 g/mol. The van der Waals surface area contributed by atoms with Crippen molar-refractivity contribution in [1.29, 1.82) is 5.26 Å². The van der Waals surface area contributed by atoms with Crippen LogP contribution < -0.4 is 5.32 Å². The van der Waals surface area contributed by atoms with E-state index in [0.717, 1.165) is 29.2 Å². The minimum atomic E-state index is -0.209. The first kappa shape index (κ1) is 19.2. The first-order valence-corrected chi connectivity index (χ1v) is 10.3. The van der Waals surface area contributed by atoms with E-state index in [1.807, 2.05) is 42.6 Å². The van der Waals surface area contributed by atoms with E-state index in [4.69, 9.17) is 4.74 Å². The van der Waals surface area contributed by atoms with Gasteiger partial charge in [0.15, 0.2) is 0 Å². The number of benzene rings is 2. The molecular formula is C22H20N4O2S. The minimum absolute atomic E-state index is 0.191. The van der Waals surface area contributed by atoms with Crippen LogP contribution in [0.2, 0.25) is 0 Å². The zero-order chi connectivity index (χ0) is 20.1. The van der Waals surface area contributed by atoms with Crippen molar-refractivity contribution >= 4 is 23.4 Å². The lowest BCUT2D eigenvalue weighted by atomic mass is 10.2. The molecule has 1 saturated heterocycles. The SMILES string of the molecule is N#Cc1ccccc1Sc1ccccc1C(=O)Nc1cnn(C[C@@H]2CCCO2)c1. The van der Waals surface area contributed by atoms with E-state index in [2.05, 4.69) is 16.5 Å². The maximum atomic E-state index is 12.9. The molecule has 1 amide bonds. The number of hydrogen-bond donors (Lipinski definition) is 1. The second kappa shape index (κ2) is 8.95. The van der Waals surface area contributed by atoms with Crippen LogP contribution in [0, 0.1) is 11.3 Å². The molecule has 2 aromatic carbocycles. The van der Waals surface area contributed by atoms with Crippen molar-refractivity contribution in [3.05, 3.63) is 72.1 Å². The lowest BCUT2D eigenvalue weighted by Gasteiger charge is -2.10. The van der Waals surface area contributed by atoms with Gasteiger partial charge in [0.25, 0.3) is 5.91 Å². The number of rotatable bonds is 6. The minimum Gasteiger partial charge on any atom is -0.376 e. The topological polar surface area (TPSA) is 79.9 Å². The third-order valence-corrected chi connectivity index (χ3v) is 5.82. The predicted octanol–water partition coefficient (Wildman–Crippen LogP) is 4.34. The third kappa shape index (κ3) is 4.67. The molecule has 1 aliphatic rings. The van der Waals surface area contributed by atoms with Crippen molar-refractivity contribution in [2.24, 2.45) is 0 Å². The molecular weight excluding hydrogens is 384 g/mol. The highest BCUT2D eigenvalue weighted by Crippen LogP contribution is 2.32. The van der Waals surface area contributed by atoms with Crippen molar-refractivity contribution < 1.29 is 9.53 Å². The number of amides is 1. The van der Waals surface area contributed by atoms with E-state index in [9.17, 15) is 10.1 Å². The monoisotopic (exact) mass is 404 g/mol. The fourth-order valence-corrected chi connectivity index (χ4v) is 4.26. The zero-order valence-corrected chi connectivity index (χ0v) is 16.6. The van der Waals surface area contributed by atoms with E-state index in [1.165, 1.54) is 11.8 Å². The molecule has 0 saturated carbocycles. The third-order valence-electron chi connectivity index (χ3n) is 4.66. The van der Waals surface area contributed by atoms with Crippen LogP contribution in [0.25, 0.3) is 0 Å². The number of nitriles is 1. The number of carbonyl (C=O) groups is 1. The van der Waals surface area contributed by atoms with E-state index in [-0.39, 0.29) is 12.0 Å². The fraction of sp³-hybridized carbons (Fsp3) is 0.227. The average Bonchev–Trinajstić information content (AvgIpc) is 3.41. The summed E-state index contributed by atoms with van der Waals surface area (Å²) in [6, 6.07) is 16.9. The summed E-state index contributed by atoms with van der Waals surface area (Å²) < 4.78 is 7.43. The Kier molecular flexibility index (Phi) is 5.94. The fourth-order valence-electron chi connectivity index (χ4n) is 3.23. The van der Waals surface area contributed by atoms with Crippen molar-refractivity contribution in [2.75, 3.05) is 11.9 Å². The molecule has 6 nitrogen and oxygen atoms in total. The molecule has 0 spiro atoms. The lowest BCUT2D eigenvalue weighted by molar-refractivity contribution is 0.0940.